The molecular weight excluding hydrogens is 196 g/mol. The molecule has 0 aliphatic carbocycles. The van der Waals surface area contributed by atoms with E-state index in [-0.39, 0.29) is 0 Å². The molecule has 0 radical (unpaired) electrons. The van der Waals surface area contributed by atoms with E-state index < -0.39 is 0 Å². The van der Waals surface area contributed by atoms with Crippen LogP contribution in [0.15, 0.2) is 49.2 Å². The molecule has 2 aromatic rings. The molecule has 0 saturated carbocycles. The fourth-order valence-corrected chi connectivity index (χ4v) is 1.66. The minimum atomic E-state index is 0.326. The van der Waals surface area contributed by atoms with Crippen LogP contribution in [0.4, 0.5) is 0 Å². The van der Waals surface area contributed by atoms with Gasteiger partial charge in [-0.1, -0.05) is 24.3 Å². The smallest absolute Gasteiger partial charge is 0.0705 e. The molecular formula is C14H16N2. The van der Waals surface area contributed by atoms with Crippen molar-refractivity contribution in [2.75, 3.05) is 0 Å². The van der Waals surface area contributed by atoms with Gasteiger partial charge in [0, 0.05) is 24.2 Å². The molecule has 0 amide bonds. The molecule has 0 spiro atoms. The summed E-state index contributed by atoms with van der Waals surface area (Å²) in [5.41, 5.74) is 2.33. The Kier molecular flexibility index (Phi) is 3.32. The highest BCUT2D eigenvalue weighted by molar-refractivity contribution is 5.81. The summed E-state index contributed by atoms with van der Waals surface area (Å²) in [6.45, 7) is 6.70. The van der Waals surface area contributed by atoms with Crippen molar-refractivity contribution in [2.45, 2.75) is 19.5 Å². The van der Waals surface area contributed by atoms with Gasteiger partial charge in [-0.3, -0.25) is 4.98 Å². The van der Waals surface area contributed by atoms with Crippen LogP contribution in [0.1, 0.15) is 12.5 Å². The number of hydrogen-bond donors (Lipinski definition) is 1. The van der Waals surface area contributed by atoms with Crippen LogP contribution < -0.4 is 5.32 Å². The molecule has 16 heavy (non-hydrogen) atoms. The normalized spacial score (nSPS) is 12.6. The van der Waals surface area contributed by atoms with Crippen molar-refractivity contribution in [1.82, 2.24) is 10.3 Å². The van der Waals surface area contributed by atoms with Gasteiger partial charge in [-0.05, 0) is 24.6 Å². The highest BCUT2D eigenvalue weighted by Gasteiger charge is 2.01. The average molecular weight is 212 g/mol. The van der Waals surface area contributed by atoms with Crippen molar-refractivity contribution in [2.24, 2.45) is 0 Å². The third-order valence-electron chi connectivity index (χ3n) is 2.71. The van der Waals surface area contributed by atoms with Crippen LogP contribution in [0.2, 0.25) is 0 Å². The molecule has 0 bridgehead atoms. The highest BCUT2D eigenvalue weighted by Crippen LogP contribution is 2.15. The zero-order valence-corrected chi connectivity index (χ0v) is 9.48. The number of benzene rings is 1. The molecule has 2 nitrogen and oxygen atoms in total. The summed E-state index contributed by atoms with van der Waals surface area (Å²) in [6.07, 6.45) is 3.77. The van der Waals surface area contributed by atoms with Gasteiger partial charge in [0.1, 0.15) is 0 Å². The Labute approximate surface area is 96.0 Å². The quantitative estimate of drug-likeness (QED) is 0.788. The number of rotatable bonds is 4. The Hall–Kier alpha value is -1.67. The van der Waals surface area contributed by atoms with Crippen molar-refractivity contribution < 1.29 is 0 Å². The van der Waals surface area contributed by atoms with Crippen molar-refractivity contribution in [3.8, 4) is 0 Å². The summed E-state index contributed by atoms with van der Waals surface area (Å²) in [5, 5.41) is 4.61. The Morgan fingerprint density at radius 1 is 1.38 bits per heavy atom. The Balaban J connectivity index is 2.27. The zero-order valence-electron chi connectivity index (χ0n) is 9.48. The lowest BCUT2D eigenvalue weighted by Crippen LogP contribution is -2.23. The van der Waals surface area contributed by atoms with Crippen LogP contribution in [0.25, 0.3) is 10.9 Å². The van der Waals surface area contributed by atoms with Crippen LogP contribution in [0.5, 0.6) is 0 Å². The second kappa shape index (κ2) is 4.90. The van der Waals surface area contributed by atoms with Crippen molar-refractivity contribution in [3.63, 3.8) is 0 Å². The van der Waals surface area contributed by atoms with Gasteiger partial charge in [0.15, 0.2) is 0 Å². The summed E-state index contributed by atoms with van der Waals surface area (Å²) >= 11 is 0. The molecule has 1 aromatic heterocycles. The molecule has 1 N–H and O–H groups in total. The SMILES string of the molecule is C=CC(C)NCc1ccnc2ccccc12. The summed E-state index contributed by atoms with van der Waals surface area (Å²) < 4.78 is 0. The molecule has 2 rings (SSSR count). The number of para-hydroxylation sites is 1. The zero-order chi connectivity index (χ0) is 11.4. The Morgan fingerprint density at radius 2 is 2.19 bits per heavy atom. The van der Waals surface area contributed by atoms with Crippen LogP contribution in [0.3, 0.4) is 0 Å². The van der Waals surface area contributed by atoms with Gasteiger partial charge in [0.25, 0.3) is 0 Å². The third-order valence-corrected chi connectivity index (χ3v) is 2.71. The predicted molar refractivity (Wildman–Crippen MR) is 68.2 cm³/mol. The minimum Gasteiger partial charge on any atom is -0.307 e. The Bertz CT molecular complexity index is 486. The molecule has 1 aromatic carbocycles. The van der Waals surface area contributed by atoms with Gasteiger partial charge in [0.2, 0.25) is 0 Å². The van der Waals surface area contributed by atoms with E-state index in [0.717, 1.165) is 12.1 Å². The van der Waals surface area contributed by atoms with Crippen LogP contribution in [0, 0.1) is 0 Å². The van der Waals surface area contributed by atoms with E-state index in [4.69, 9.17) is 0 Å². The summed E-state index contributed by atoms with van der Waals surface area (Å²) in [4.78, 5) is 4.34. The van der Waals surface area contributed by atoms with Crippen LogP contribution in [-0.2, 0) is 6.54 Å². The summed E-state index contributed by atoms with van der Waals surface area (Å²) in [7, 11) is 0. The lowest BCUT2D eigenvalue weighted by atomic mass is 10.1. The van der Waals surface area contributed by atoms with Gasteiger partial charge >= 0.3 is 0 Å². The van der Waals surface area contributed by atoms with Gasteiger partial charge in [-0.25, -0.2) is 0 Å². The maximum absolute atomic E-state index is 4.34. The Morgan fingerprint density at radius 3 is 3.00 bits per heavy atom. The molecule has 1 unspecified atom stereocenters. The van der Waals surface area contributed by atoms with Crippen LogP contribution >= 0.6 is 0 Å². The lowest BCUT2D eigenvalue weighted by molar-refractivity contribution is 0.636. The van der Waals surface area contributed by atoms with E-state index >= 15 is 0 Å². The fraction of sp³-hybridized carbons (Fsp3) is 0.214. The largest absolute Gasteiger partial charge is 0.307 e. The lowest BCUT2D eigenvalue weighted by Gasteiger charge is -2.10. The van der Waals surface area contributed by atoms with E-state index in [2.05, 4.69) is 35.9 Å². The van der Waals surface area contributed by atoms with E-state index in [0.29, 0.717) is 6.04 Å². The molecule has 0 saturated heterocycles. The molecule has 0 fully saturated rings. The second-order valence-electron chi connectivity index (χ2n) is 3.89. The fourth-order valence-electron chi connectivity index (χ4n) is 1.66. The monoisotopic (exact) mass is 212 g/mol. The highest BCUT2D eigenvalue weighted by atomic mass is 14.9. The summed E-state index contributed by atoms with van der Waals surface area (Å²) in [5.74, 6) is 0. The minimum absolute atomic E-state index is 0.326. The third kappa shape index (κ3) is 2.28. The van der Waals surface area contributed by atoms with Gasteiger partial charge in [-0.15, -0.1) is 6.58 Å². The molecule has 82 valence electrons. The summed E-state index contributed by atoms with van der Waals surface area (Å²) in [6, 6.07) is 10.6. The van der Waals surface area contributed by atoms with E-state index in [1.54, 1.807) is 0 Å². The second-order valence-corrected chi connectivity index (χ2v) is 3.89. The van der Waals surface area contributed by atoms with E-state index in [1.807, 2.05) is 30.5 Å². The molecule has 1 atom stereocenters. The molecule has 2 heteroatoms. The number of aromatic nitrogens is 1. The number of hydrogen-bond acceptors (Lipinski definition) is 2. The molecule has 0 aliphatic heterocycles. The molecule has 1 heterocycles. The van der Waals surface area contributed by atoms with Crippen molar-refractivity contribution in [1.29, 1.82) is 0 Å². The first-order chi connectivity index (χ1) is 7.81. The average Bonchev–Trinajstić information content (AvgIpc) is 2.35. The van der Waals surface area contributed by atoms with E-state index in [9.17, 15) is 0 Å². The standard InChI is InChI=1S/C14H16N2/c1-3-11(2)16-10-12-8-9-15-14-7-5-4-6-13(12)14/h3-9,11,16H,1,10H2,2H3. The molecule has 0 aliphatic rings. The van der Waals surface area contributed by atoms with Crippen LogP contribution in [-0.4, -0.2) is 11.0 Å². The number of pyridine rings is 1. The van der Waals surface area contributed by atoms with Crippen molar-refractivity contribution in [3.05, 3.63) is 54.7 Å². The topological polar surface area (TPSA) is 24.9 Å². The number of fused-ring (bicyclic) bond motifs is 1. The van der Waals surface area contributed by atoms with Gasteiger partial charge in [0.05, 0.1) is 5.52 Å². The first-order valence-electron chi connectivity index (χ1n) is 5.50. The number of nitrogens with zero attached hydrogens (tertiary/aromatic N) is 1. The first kappa shape index (κ1) is 10.8. The predicted octanol–water partition coefficient (Wildman–Crippen LogP) is 2.90. The number of nitrogens with one attached hydrogen (secondary N) is 1. The maximum atomic E-state index is 4.34. The van der Waals surface area contributed by atoms with Gasteiger partial charge in [-0.2, -0.15) is 0 Å². The van der Waals surface area contributed by atoms with Gasteiger partial charge < -0.3 is 5.32 Å². The first-order valence-corrected chi connectivity index (χ1v) is 5.50. The van der Waals surface area contributed by atoms with E-state index in [1.165, 1.54) is 10.9 Å². The maximum Gasteiger partial charge on any atom is 0.0705 e. The van der Waals surface area contributed by atoms with Crippen molar-refractivity contribution >= 4 is 10.9 Å².